The molecular formula is C20H15Cl2N3O2S. The van der Waals surface area contributed by atoms with Crippen molar-refractivity contribution in [2.24, 2.45) is 0 Å². The molecule has 0 saturated carbocycles. The van der Waals surface area contributed by atoms with Gasteiger partial charge < -0.3 is 0 Å². The lowest BCUT2D eigenvalue weighted by Crippen LogP contribution is -2.14. The van der Waals surface area contributed by atoms with Crippen LogP contribution in [0.25, 0.3) is 16.9 Å². The second kappa shape index (κ2) is 7.13. The zero-order valence-corrected chi connectivity index (χ0v) is 17.1. The van der Waals surface area contributed by atoms with E-state index in [9.17, 15) is 8.42 Å². The Balaban J connectivity index is 1.93. The maximum Gasteiger partial charge on any atom is 0.263 e. The van der Waals surface area contributed by atoms with Crippen LogP contribution < -0.4 is 4.72 Å². The van der Waals surface area contributed by atoms with Crippen molar-refractivity contribution < 1.29 is 8.42 Å². The third-order valence-corrected chi connectivity index (χ3v) is 6.42. The number of aromatic nitrogens is 2. The number of nitrogens with zero attached hydrogens (tertiary/aromatic N) is 2. The topological polar surface area (TPSA) is 63.5 Å². The number of halogens is 2. The van der Waals surface area contributed by atoms with Crippen molar-refractivity contribution in [1.82, 2.24) is 9.38 Å². The SMILES string of the molecule is Cc1cccn2c(NS(=O)(=O)c3ccccc3)c(-c3ccc(Cl)c(Cl)c3)nc12. The number of imidazole rings is 1. The minimum atomic E-state index is -3.81. The van der Waals surface area contributed by atoms with Gasteiger partial charge in [0.2, 0.25) is 0 Å². The van der Waals surface area contributed by atoms with E-state index in [1.807, 2.05) is 19.1 Å². The van der Waals surface area contributed by atoms with Crippen LogP contribution in [0.3, 0.4) is 0 Å². The van der Waals surface area contributed by atoms with Crippen LogP contribution in [0.1, 0.15) is 5.56 Å². The Morgan fingerprint density at radius 3 is 2.43 bits per heavy atom. The van der Waals surface area contributed by atoms with E-state index in [1.54, 1.807) is 47.0 Å². The molecule has 0 spiro atoms. The summed E-state index contributed by atoms with van der Waals surface area (Å²) < 4.78 is 30.3. The lowest BCUT2D eigenvalue weighted by atomic mass is 10.1. The number of pyridine rings is 1. The summed E-state index contributed by atoms with van der Waals surface area (Å²) in [6, 6.07) is 17.0. The summed E-state index contributed by atoms with van der Waals surface area (Å²) in [5.41, 5.74) is 2.68. The predicted molar refractivity (Wildman–Crippen MR) is 113 cm³/mol. The summed E-state index contributed by atoms with van der Waals surface area (Å²) in [6.45, 7) is 1.91. The van der Waals surface area contributed by atoms with Crippen LogP contribution >= 0.6 is 23.2 Å². The normalized spacial score (nSPS) is 11.7. The standard InChI is InChI=1S/C20H15Cl2N3O2S/c1-13-6-5-11-25-19(13)23-18(14-9-10-16(21)17(22)12-14)20(25)24-28(26,27)15-7-3-2-4-8-15/h2-12,24H,1H3. The highest BCUT2D eigenvalue weighted by molar-refractivity contribution is 7.92. The first kappa shape index (κ1) is 18.8. The quantitative estimate of drug-likeness (QED) is 0.469. The average Bonchev–Trinajstić information content (AvgIpc) is 3.04. The predicted octanol–water partition coefficient (Wildman–Crippen LogP) is 5.42. The zero-order chi connectivity index (χ0) is 19.9. The summed E-state index contributed by atoms with van der Waals surface area (Å²) in [5.74, 6) is 0.334. The number of sulfonamides is 1. The fourth-order valence-electron chi connectivity index (χ4n) is 2.93. The maximum atomic E-state index is 12.9. The Morgan fingerprint density at radius 2 is 1.71 bits per heavy atom. The summed E-state index contributed by atoms with van der Waals surface area (Å²) >= 11 is 12.2. The molecule has 1 N–H and O–H groups in total. The summed E-state index contributed by atoms with van der Waals surface area (Å²) in [4.78, 5) is 4.83. The number of aryl methyl sites for hydroxylation is 1. The molecular weight excluding hydrogens is 417 g/mol. The molecule has 0 bridgehead atoms. The van der Waals surface area contributed by atoms with Crippen molar-refractivity contribution in [3.8, 4) is 11.3 Å². The first-order chi connectivity index (χ1) is 13.4. The first-order valence-corrected chi connectivity index (χ1v) is 10.6. The van der Waals surface area contributed by atoms with Gasteiger partial charge >= 0.3 is 0 Å². The highest BCUT2D eigenvalue weighted by atomic mass is 35.5. The molecule has 0 saturated heterocycles. The van der Waals surface area contributed by atoms with Crippen molar-refractivity contribution in [3.63, 3.8) is 0 Å². The molecule has 0 amide bonds. The molecule has 0 aliphatic heterocycles. The number of nitrogens with one attached hydrogen (secondary N) is 1. The van der Waals surface area contributed by atoms with E-state index in [0.717, 1.165) is 5.56 Å². The Kier molecular flexibility index (Phi) is 4.79. The molecule has 5 nitrogen and oxygen atoms in total. The third kappa shape index (κ3) is 3.35. The minimum Gasteiger partial charge on any atom is -0.285 e. The van der Waals surface area contributed by atoms with Crippen LogP contribution in [0.2, 0.25) is 10.0 Å². The minimum absolute atomic E-state index is 0.165. The molecule has 8 heteroatoms. The van der Waals surface area contributed by atoms with Gasteiger partial charge in [-0.3, -0.25) is 9.12 Å². The van der Waals surface area contributed by atoms with Gasteiger partial charge in [-0.2, -0.15) is 0 Å². The van der Waals surface area contributed by atoms with Crippen LogP contribution in [0.5, 0.6) is 0 Å². The number of rotatable bonds is 4. The van der Waals surface area contributed by atoms with E-state index in [-0.39, 0.29) is 4.90 Å². The van der Waals surface area contributed by atoms with E-state index < -0.39 is 10.0 Å². The second-order valence-electron chi connectivity index (χ2n) is 6.24. The molecule has 0 aliphatic rings. The van der Waals surface area contributed by atoms with Gasteiger partial charge in [0, 0.05) is 11.8 Å². The van der Waals surface area contributed by atoms with E-state index in [2.05, 4.69) is 9.71 Å². The fourth-order valence-corrected chi connectivity index (χ4v) is 4.31. The van der Waals surface area contributed by atoms with Gasteiger partial charge in [-0.25, -0.2) is 13.4 Å². The van der Waals surface area contributed by atoms with Gasteiger partial charge in [0.05, 0.1) is 14.9 Å². The number of anilines is 1. The van der Waals surface area contributed by atoms with Crippen molar-refractivity contribution in [2.45, 2.75) is 11.8 Å². The van der Waals surface area contributed by atoms with Gasteiger partial charge in [0.25, 0.3) is 10.0 Å². The molecule has 2 aromatic carbocycles. The van der Waals surface area contributed by atoms with Crippen LogP contribution in [0.15, 0.2) is 71.8 Å². The summed E-state index contributed by atoms with van der Waals surface area (Å²) in [5, 5.41) is 0.779. The van der Waals surface area contributed by atoms with Gasteiger partial charge in [-0.05, 0) is 42.8 Å². The van der Waals surface area contributed by atoms with Crippen LogP contribution in [-0.4, -0.2) is 17.8 Å². The monoisotopic (exact) mass is 431 g/mol. The third-order valence-electron chi connectivity index (χ3n) is 4.32. The molecule has 0 atom stereocenters. The van der Waals surface area contributed by atoms with Crippen LogP contribution in [0.4, 0.5) is 5.82 Å². The molecule has 0 unspecified atom stereocenters. The molecule has 0 radical (unpaired) electrons. The van der Waals surface area contributed by atoms with E-state index in [4.69, 9.17) is 23.2 Å². The Morgan fingerprint density at radius 1 is 0.964 bits per heavy atom. The van der Waals surface area contributed by atoms with Gasteiger partial charge in [-0.15, -0.1) is 0 Å². The smallest absolute Gasteiger partial charge is 0.263 e. The zero-order valence-electron chi connectivity index (χ0n) is 14.7. The highest BCUT2D eigenvalue weighted by Crippen LogP contribution is 2.34. The lowest BCUT2D eigenvalue weighted by Gasteiger charge is -2.10. The maximum absolute atomic E-state index is 12.9. The Labute approximate surface area is 172 Å². The number of hydrogen-bond donors (Lipinski definition) is 1. The largest absolute Gasteiger partial charge is 0.285 e. The van der Waals surface area contributed by atoms with Crippen LogP contribution in [-0.2, 0) is 10.0 Å². The van der Waals surface area contributed by atoms with E-state index in [1.165, 1.54) is 12.1 Å². The molecule has 4 rings (SSSR count). The number of fused-ring (bicyclic) bond motifs is 1. The van der Waals surface area contributed by atoms with E-state index >= 15 is 0 Å². The fraction of sp³-hybridized carbons (Fsp3) is 0.0500. The molecule has 4 aromatic rings. The summed E-state index contributed by atoms with van der Waals surface area (Å²) in [6.07, 6.45) is 1.76. The first-order valence-electron chi connectivity index (χ1n) is 8.38. The lowest BCUT2D eigenvalue weighted by molar-refractivity contribution is 0.601. The van der Waals surface area contributed by atoms with Gasteiger partial charge in [-0.1, -0.05) is 53.5 Å². The second-order valence-corrected chi connectivity index (χ2v) is 8.74. The molecule has 0 aliphatic carbocycles. The summed E-state index contributed by atoms with van der Waals surface area (Å²) in [7, 11) is -3.81. The Bertz CT molecular complexity index is 1290. The van der Waals surface area contributed by atoms with Crippen molar-refractivity contribution in [1.29, 1.82) is 0 Å². The molecule has 142 valence electrons. The molecule has 2 aromatic heterocycles. The van der Waals surface area contributed by atoms with Gasteiger partial charge in [0.1, 0.15) is 11.3 Å². The van der Waals surface area contributed by atoms with Crippen molar-refractivity contribution >= 4 is 44.7 Å². The Hall–Kier alpha value is -2.54. The highest BCUT2D eigenvalue weighted by Gasteiger charge is 2.22. The van der Waals surface area contributed by atoms with Crippen LogP contribution in [0, 0.1) is 6.92 Å². The van der Waals surface area contributed by atoms with Crippen molar-refractivity contribution in [3.05, 3.63) is 82.5 Å². The molecule has 28 heavy (non-hydrogen) atoms. The van der Waals surface area contributed by atoms with Gasteiger partial charge in [0.15, 0.2) is 5.82 Å². The molecule has 0 fully saturated rings. The number of benzene rings is 2. The van der Waals surface area contributed by atoms with E-state index in [0.29, 0.717) is 32.8 Å². The average molecular weight is 432 g/mol. The molecule has 2 heterocycles. The van der Waals surface area contributed by atoms with Crippen molar-refractivity contribution in [2.75, 3.05) is 4.72 Å². The number of hydrogen-bond acceptors (Lipinski definition) is 3.